The Bertz CT molecular complexity index is 506. The molecule has 1 aromatic rings. The molecule has 0 spiro atoms. The second-order valence-electron chi connectivity index (χ2n) is 5.36. The Labute approximate surface area is 127 Å². The van der Waals surface area contributed by atoms with Gasteiger partial charge in [0, 0.05) is 30.0 Å². The van der Waals surface area contributed by atoms with Gasteiger partial charge >= 0.3 is 0 Å². The maximum Gasteiger partial charge on any atom is 0.275 e. The minimum absolute atomic E-state index is 0.00109. The summed E-state index contributed by atoms with van der Waals surface area (Å²) in [6.07, 6.45) is 0. The number of aryl methyl sites for hydroxylation is 1. The Kier molecular flexibility index (Phi) is 6.62. The maximum absolute atomic E-state index is 12.5. The number of carbonyl (C=O) groups is 2. The molecule has 0 saturated carbocycles. The third-order valence-electron chi connectivity index (χ3n) is 3.89. The third kappa shape index (κ3) is 4.43. The van der Waals surface area contributed by atoms with E-state index >= 15 is 0 Å². The summed E-state index contributed by atoms with van der Waals surface area (Å²) in [5.41, 5.74) is 2.92. The number of Topliss-reactive ketones (excluding diaryl/α,β-unsaturated/α-hetero) is 1. The molecule has 5 heteroatoms. The van der Waals surface area contributed by atoms with E-state index in [2.05, 4.69) is 16.8 Å². The lowest BCUT2D eigenvalue weighted by Gasteiger charge is -2.16. The molecule has 1 heterocycles. The zero-order valence-corrected chi connectivity index (χ0v) is 13.9. The van der Waals surface area contributed by atoms with E-state index < -0.39 is 0 Å². The van der Waals surface area contributed by atoms with Crippen LogP contribution in [0.25, 0.3) is 0 Å². The van der Waals surface area contributed by atoms with Crippen LogP contribution >= 0.6 is 0 Å². The van der Waals surface area contributed by atoms with E-state index in [9.17, 15) is 9.59 Å². The van der Waals surface area contributed by atoms with E-state index in [1.165, 1.54) is 0 Å². The van der Waals surface area contributed by atoms with Crippen LogP contribution in [0, 0.1) is 13.8 Å². The van der Waals surface area contributed by atoms with E-state index in [4.69, 9.17) is 0 Å². The summed E-state index contributed by atoms with van der Waals surface area (Å²) in [7, 11) is 0. The van der Waals surface area contributed by atoms with Gasteiger partial charge in [-0.1, -0.05) is 0 Å². The Balaban J connectivity index is 2.77. The number of likely N-dealkylation sites (N-methyl/N-ethyl adjacent to an activating group) is 2. The lowest BCUT2D eigenvalue weighted by molar-refractivity contribution is -0.881. The highest BCUT2D eigenvalue weighted by molar-refractivity contribution is 5.98. The average Bonchev–Trinajstić information content (AvgIpc) is 2.72. The predicted molar refractivity (Wildman–Crippen MR) is 83.8 cm³/mol. The Hall–Kier alpha value is -1.62. The van der Waals surface area contributed by atoms with E-state index in [0.29, 0.717) is 19.6 Å². The smallest absolute Gasteiger partial charge is 0.275 e. The first kappa shape index (κ1) is 17.4. The van der Waals surface area contributed by atoms with Crippen LogP contribution in [0.4, 0.5) is 0 Å². The van der Waals surface area contributed by atoms with Crippen molar-refractivity contribution >= 4 is 11.7 Å². The van der Waals surface area contributed by atoms with Crippen molar-refractivity contribution in [2.45, 2.75) is 41.2 Å². The molecule has 1 unspecified atom stereocenters. The predicted octanol–water partition coefficient (Wildman–Crippen LogP) is 0.348. The maximum atomic E-state index is 12.5. The zero-order chi connectivity index (χ0) is 16.0. The van der Waals surface area contributed by atoms with Crippen LogP contribution in [0.1, 0.15) is 42.5 Å². The molecule has 0 radical (unpaired) electrons. The first-order valence-corrected chi connectivity index (χ1v) is 7.74. The van der Waals surface area contributed by atoms with E-state index in [0.717, 1.165) is 34.9 Å². The number of quaternary nitrogens is 1. The van der Waals surface area contributed by atoms with Crippen LogP contribution < -0.4 is 10.2 Å². The highest BCUT2D eigenvalue weighted by Gasteiger charge is 2.21. The Morgan fingerprint density at radius 3 is 2.33 bits per heavy atom. The molecule has 1 aromatic heterocycles. The molecule has 5 nitrogen and oxygen atoms in total. The highest BCUT2D eigenvalue weighted by Crippen LogP contribution is 2.14. The van der Waals surface area contributed by atoms with E-state index in [-0.39, 0.29) is 11.7 Å². The second kappa shape index (κ2) is 7.98. The summed E-state index contributed by atoms with van der Waals surface area (Å²) in [5, 5.41) is 2.78. The molecule has 0 aliphatic rings. The molecule has 0 fully saturated rings. The number of aromatic nitrogens is 1. The van der Waals surface area contributed by atoms with Crippen molar-refractivity contribution in [1.82, 2.24) is 9.88 Å². The fourth-order valence-corrected chi connectivity index (χ4v) is 2.69. The van der Waals surface area contributed by atoms with Crippen molar-refractivity contribution in [2.75, 3.05) is 26.2 Å². The lowest BCUT2D eigenvalue weighted by Crippen LogP contribution is -3.13. The summed E-state index contributed by atoms with van der Waals surface area (Å²) >= 11 is 0. The lowest BCUT2D eigenvalue weighted by atomic mass is 10.1. The number of nitrogens with zero attached hydrogens (tertiary/aromatic N) is 1. The van der Waals surface area contributed by atoms with Gasteiger partial charge < -0.3 is 14.8 Å². The SMILES string of the molecule is CCNC(=O)C[NH+](CC)CC(=O)c1cc(C)n(CC)c1C. The van der Waals surface area contributed by atoms with Crippen LogP contribution in [0.3, 0.4) is 0 Å². The fourth-order valence-electron chi connectivity index (χ4n) is 2.69. The minimum atomic E-state index is 0.00109. The van der Waals surface area contributed by atoms with Gasteiger partial charge in [0.05, 0.1) is 6.54 Å². The molecule has 2 N–H and O–H groups in total. The number of nitrogens with one attached hydrogen (secondary N) is 2. The minimum Gasteiger partial charge on any atom is -0.351 e. The van der Waals surface area contributed by atoms with Crippen molar-refractivity contribution in [3.05, 3.63) is 23.0 Å². The average molecular weight is 294 g/mol. The van der Waals surface area contributed by atoms with Crippen LogP contribution in [0.15, 0.2) is 6.07 Å². The van der Waals surface area contributed by atoms with Crippen LogP contribution in [0.5, 0.6) is 0 Å². The van der Waals surface area contributed by atoms with Gasteiger partial charge in [-0.2, -0.15) is 0 Å². The van der Waals surface area contributed by atoms with Gasteiger partial charge in [0.1, 0.15) is 6.54 Å². The molecular weight excluding hydrogens is 266 g/mol. The molecular formula is C16H28N3O2+. The first-order chi connectivity index (χ1) is 9.94. The summed E-state index contributed by atoms with van der Waals surface area (Å²) in [6, 6.07) is 1.96. The molecule has 1 amide bonds. The Morgan fingerprint density at radius 2 is 1.86 bits per heavy atom. The molecule has 118 valence electrons. The normalized spacial score (nSPS) is 12.2. The van der Waals surface area contributed by atoms with Gasteiger partial charge in [-0.25, -0.2) is 0 Å². The molecule has 1 rings (SSSR count). The van der Waals surface area contributed by atoms with Crippen molar-refractivity contribution in [3.8, 4) is 0 Å². The zero-order valence-electron chi connectivity index (χ0n) is 13.9. The van der Waals surface area contributed by atoms with Crippen molar-refractivity contribution in [3.63, 3.8) is 0 Å². The number of ketones is 1. The molecule has 1 atom stereocenters. The fraction of sp³-hybridized carbons (Fsp3) is 0.625. The number of hydrogen-bond acceptors (Lipinski definition) is 2. The van der Waals surface area contributed by atoms with Crippen molar-refractivity contribution in [2.24, 2.45) is 0 Å². The topological polar surface area (TPSA) is 55.5 Å². The van der Waals surface area contributed by atoms with Crippen LogP contribution in [0.2, 0.25) is 0 Å². The number of hydrogen-bond donors (Lipinski definition) is 2. The van der Waals surface area contributed by atoms with Gasteiger partial charge in [-0.3, -0.25) is 9.59 Å². The highest BCUT2D eigenvalue weighted by atomic mass is 16.2. The summed E-state index contributed by atoms with van der Waals surface area (Å²) < 4.78 is 2.14. The Morgan fingerprint density at radius 1 is 1.19 bits per heavy atom. The molecule has 0 saturated heterocycles. The summed E-state index contributed by atoms with van der Waals surface area (Å²) in [5.74, 6) is 0.116. The molecule has 0 aliphatic carbocycles. The quantitative estimate of drug-likeness (QED) is 0.680. The van der Waals surface area contributed by atoms with Crippen LogP contribution in [-0.2, 0) is 11.3 Å². The largest absolute Gasteiger partial charge is 0.351 e. The van der Waals surface area contributed by atoms with Crippen molar-refractivity contribution < 1.29 is 14.5 Å². The first-order valence-electron chi connectivity index (χ1n) is 7.74. The number of carbonyl (C=O) groups excluding carboxylic acids is 2. The summed E-state index contributed by atoms with van der Waals surface area (Å²) in [6.45, 7) is 12.9. The van der Waals surface area contributed by atoms with E-state index in [1.54, 1.807) is 0 Å². The third-order valence-corrected chi connectivity index (χ3v) is 3.89. The van der Waals surface area contributed by atoms with Crippen LogP contribution in [-0.4, -0.2) is 42.4 Å². The molecule has 0 aromatic carbocycles. The van der Waals surface area contributed by atoms with E-state index in [1.807, 2.05) is 33.8 Å². The van der Waals surface area contributed by atoms with Gasteiger partial charge in [0.15, 0.2) is 6.54 Å². The second-order valence-corrected chi connectivity index (χ2v) is 5.36. The van der Waals surface area contributed by atoms with Gasteiger partial charge in [-0.05, 0) is 40.7 Å². The molecule has 0 bridgehead atoms. The standard InChI is InChI=1S/C16H27N3O2/c1-6-17-16(21)11-18(7-2)10-15(20)14-9-12(4)19(8-3)13(14)5/h9H,6-8,10-11H2,1-5H3,(H,17,21)/p+1. The van der Waals surface area contributed by atoms with Crippen molar-refractivity contribution in [1.29, 1.82) is 0 Å². The van der Waals surface area contributed by atoms with Gasteiger partial charge in [-0.15, -0.1) is 0 Å². The number of amides is 1. The van der Waals surface area contributed by atoms with Gasteiger partial charge in [0.25, 0.3) is 5.91 Å². The molecule has 21 heavy (non-hydrogen) atoms. The monoisotopic (exact) mass is 294 g/mol. The summed E-state index contributed by atoms with van der Waals surface area (Å²) in [4.78, 5) is 25.1. The van der Waals surface area contributed by atoms with Gasteiger partial charge in [0.2, 0.25) is 5.78 Å². The number of rotatable bonds is 8. The molecule has 0 aliphatic heterocycles.